The van der Waals surface area contributed by atoms with Crippen LogP contribution in [0, 0.1) is 0 Å². The van der Waals surface area contributed by atoms with Crippen molar-refractivity contribution in [3.05, 3.63) is 48.2 Å². The molecule has 0 aliphatic carbocycles. The molecule has 9 heteroatoms. The van der Waals surface area contributed by atoms with E-state index in [4.69, 9.17) is 9.47 Å². The number of aromatic nitrogens is 1. The molecule has 2 aromatic heterocycles. The first-order chi connectivity index (χ1) is 15.1. The summed E-state index contributed by atoms with van der Waals surface area (Å²) in [7, 11) is 3.37. The Labute approximate surface area is 183 Å². The third-order valence-electron chi connectivity index (χ3n) is 4.85. The van der Waals surface area contributed by atoms with Gasteiger partial charge in [0.1, 0.15) is 11.9 Å². The Bertz CT molecular complexity index is 1120. The number of carbonyl (C=O) groups is 2. The molecule has 0 N–H and O–H groups in total. The van der Waals surface area contributed by atoms with Crippen molar-refractivity contribution in [3.8, 4) is 5.75 Å². The lowest BCUT2D eigenvalue weighted by Gasteiger charge is -2.22. The zero-order valence-corrected chi connectivity index (χ0v) is 18.1. The first-order valence-corrected chi connectivity index (χ1v) is 10.2. The van der Waals surface area contributed by atoms with E-state index >= 15 is 0 Å². The number of alkyl halides is 3. The van der Waals surface area contributed by atoms with Gasteiger partial charge in [-0.25, -0.2) is 4.79 Å². The van der Waals surface area contributed by atoms with E-state index in [0.717, 1.165) is 5.52 Å². The summed E-state index contributed by atoms with van der Waals surface area (Å²) in [6.07, 6.45) is -4.40. The number of Topliss-reactive ketones (excluding diaryl/α,β-unsaturated/α-hetero) is 1. The van der Waals surface area contributed by atoms with Gasteiger partial charge in [-0.05, 0) is 38.7 Å². The van der Waals surface area contributed by atoms with Gasteiger partial charge in [-0.3, -0.25) is 4.79 Å². The highest BCUT2D eigenvalue weighted by atomic mass is 19.4. The lowest BCUT2D eigenvalue weighted by Crippen LogP contribution is -2.36. The second-order valence-corrected chi connectivity index (χ2v) is 7.78. The van der Waals surface area contributed by atoms with E-state index in [0.29, 0.717) is 29.5 Å². The first-order valence-electron chi connectivity index (χ1n) is 10.2. The minimum Gasteiger partial charge on any atom is -0.487 e. The molecule has 172 valence electrons. The van der Waals surface area contributed by atoms with Crippen molar-refractivity contribution in [2.45, 2.75) is 32.0 Å². The second-order valence-electron chi connectivity index (χ2n) is 7.78. The zero-order chi connectivity index (χ0) is 23.5. The van der Waals surface area contributed by atoms with Crippen LogP contribution in [-0.2, 0) is 9.53 Å². The number of ether oxygens (including phenoxy) is 2. The molecule has 0 spiro atoms. The Kier molecular flexibility index (Phi) is 7.08. The van der Waals surface area contributed by atoms with Gasteiger partial charge in [-0.15, -0.1) is 0 Å². The number of benzene rings is 1. The highest BCUT2D eigenvalue weighted by Crippen LogP contribution is 2.30. The highest BCUT2D eigenvalue weighted by Gasteiger charge is 2.39. The largest absolute Gasteiger partial charge is 0.487 e. The van der Waals surface area contributed by atoms with Crippen molar-refractivity contribution in [2.75, 3.05) is 27.2 Å². The molecule has 2 heterocycles. The number of hydrogen-bond donors (Lipinski definition) is 0. The van der Waals surface area contributed by atoms with Crippen molar-refractivity contribution in [2.24, 2.45) is 0 Å². The Balaban J connectivity index is 1.98. The molecule has 0 amide bonds. The lowest BCUT2D eigenvalue weighted by molar-refractivity contribution is -0.172. The summed E-state index contributed by atoms with van der Waals surface area (Å²) in [5.74, 6) is -1.99. The summed E-state index contributed by atoms with van der Waals surface area (Å²) in [6, 6.07) is 10.5. The average molecular weight is 450 g/mol. The molecular formula is C23H25F3N2O4. The van der Waals surface area contributed by atoms with Crippen molar-refractivity contribution in [1.29, 1.82) is 0 Å². The van der Waals surface area contributed by atoms with Gasteiger partial charge in [0, 0.05) is 11.9 Å². The zero-order valence-electron chi connectivity index (χ0n) is 18.1. The number of halogens is 3. The molecule has 0 fully saturated rings. The molecule has 0 aliphatic heterocycles. The Hall–Kier alpha value is -3.07. The molecule has 32 heavy (non-hydrogen) atoms. The summed E-state index contributed by atoms with van der Waals surface area (Å²) in [6.45, 7) is 2.33. The van der Waals surface area contributed by atoms with Crippen LogP contribution in [0.5, 0.6) is 5.75 Å². The van der Waals surface area contributed by atoms with Crippen molar-refractivity contribution in [1.82, 2.24) is 9.30 Å². The molecule has 3 aromatic rings. The number of ketones is 1. The van der Waals surface area contributed by atoms with E-state index in [9.17, 15) is 22.8 Å². The van der Waals surface area contributed by atoms with Gasteiger partial charge in [0.15, 0.2) is 0 Å². The lowest BCUT2D eigenvalue weighted by atomic mass is 10.1. The van der Waals surface area contributed by atoms with Crippen molar-refractivity contribution >= 4 is 28.2 Å². The third-order valence-corrected chi connectivity index (χ3v) is 4.85. The molecule has 0 saturated heterocycles. The minimum atomic E-state index is -4.91. The number of carbonyl (C=O) groups excluding carboxylic acids is 2. The maximum atomic E-state index is 12.8. The van der Waals surface area contributed by atoms with E-state index < -0.39 is 30.5 Å². The van der Waals surface area contributed by atoms with Crippen LogP contribution in [0.1, 0.15) is 30.1 Å². The monoisotopic (exact) mass is 450 g/mol. The smallest absolute Gasteiger partial charge is 0.450 e. The van der Waals surface area contributed by atoms with Crippen molar-refractivity contribution < 1.29 is 32.2 Å². The second kappa shape index (κ2) is 9.60. The number of hydrogen-bond acceptors (Lipinski definition) is 5. The Morgan fingerprint density at radius 1 is 1.09 bits per heavy atom. The van der Waals surface area contributed by atoms with Gasteiger partial charge in [0.25, 0.3) is 0 Å². The predicted molar refractivity (Wildman–Crippen MR) is 114 cm³/mol. The summed E-state index contributed by atoms with van der Waals surface area (Å²) >= 11 is 0. The summed E-state index contributed by atoms with van der Waals surface area (Å²) in [5.41, 5.74) is 1.74. The summed E-state index contributed by atoms with van der Waals surface area (Å²) < 4.78 is 51.2. The van der Waals surface area contributed by atoms with Gasteiger partial charge in [0.2, 0.25) is 5.78 Å². The van der Waals surface area contributed by atoms with E-state index in [-0.39, 0.29) is 12.3 Å². The van der Waals surface area contributed by atoms with Gasteiger partial charge < -0.3 is 18.8 Å². The fraction of sp³-hybridized carbons (Fsp3) is 0.391. The fourth-order valence-corrected chi connectivity index (χ4v) is 3.53. The fourth-order valence-electron chi connectivity index (χ4n) is 3.53. The van der Waals surface area contributed by atoms with E-state index in [1.54, 1.807) is 41.7 Å². The number of pyridine rings is 1. The standard InChI is InChI=1S/C23H25F3N2O4/c1-4-11-31-22(30)21-17-7-5-6-8-18(17)28-14-15(9-10-19(21)28)32-16(13-27(2)3)12-20(29)23(24,25)26/h5-10,14,16H,4,11-13H2,1-3H3. The van der Waals surface area contributed by atoms with Crippen LogP contribution in [0.3, 0.4) is 0 Å². The summed E-state index contributed by atoms with van der Waals surface area (Å²) in [5, 5.41) is 0.697. The Morgan fingerprint density at radius 2 is 1.81 bits per heavy atom. The van der Waals surface area contributed by atoms with Crippen LogP contribution >= 0.6 is 0 Å². The average Bonchev–Trinajstić information content (AvgIpc) is 3.04. The number of esters is 1. The van der Waals surface area contributed by atoms with Gasteiger partial charge >= 0.3 is 12.1 Å². The number of rotatable bonds is 9. The normalized spacial score (nSPS) is 13.0. The van der Waals surface area contributed by atoms with Crippen LogP contribution in [0.4, 0.5) is 13.2 Å². The number of para-hydroxylation sites is 1. The topological polar surface area (TPSA) is 60.2 Å². The molecule has 1 unspecified atom stereocenters. The molecule has 0 radical (unpaired) electrons. The van der Waals surface area contributed by atoms with E-state index in [1.165, 1.54) is 0 Å². The maximum absolute atomic E-state index is 12.8. The third kappa shape index (κ3) is 5.21. The maximum Gasteiger partial charge on any atom is 0.450 e. The summed E-state index contributed by atoms with van der Waals surface area (Å²) in [4.78, 5) is 25.8. The van der Waals surface area contributed by atoms with Crippen LogP contribution in [0.25, 0.3) is 16.4 Å². The van der Waals surface area contributed by atoms with Gasteiger partial charge in [-0.1, -0.05) is 25.1 Å². The van der Waals surface area contributed by atoms with Crippen LogP contribution in [0.15, 0.2) is 42.6 Å². The molecule has 0 bridgehead atoms. The molecule has 0 saturated carbocycles. The Morgan fingerprint density at radius 3 is 2.47 bits per heavy atom. The number of fused-ring (bicyclic) bond motifs is 3. The highest BCUT2D eigenvalue weighted by molar-refractivity contribution is 6.11. The van der Waals surface area contributed by atoms with Crippen LogP contribution < -0.4 is 4.74 Å². The molecular weight excluding hydrogens is 425 g/mol. The van der Waals surface area contributed by atoms with E-state index in [1.807, 2.05) is 31.2 Å². The van der Waals surface area contributed by atoms with Crippen LogP contribution in [0.2, 0.25) is 0 Å². The predicted octanol–water partition coefficient (Wildman–Crippen LogP) is 4.49. The molecule has 1 atom stereocenters. The molecule has 1 aromatic carbocycles. The van der Waals surface area contributed by atoms with Crippen molar-refractivity contribution in [3.63, 3.8) is 0 Å². The molecule has 3 rings (SSSR count). The minimum absolute atomic E-state index is 0.126. The first kappa shape index (κ1) is 23.6. The number of likely N-dealkylation sites (N-methyl/N-ethyl adjacent to an activating group) is 1. The SMILES string of the molecule is CCCOC(=O)c1c2ccccc2n2cc(OC(CC(=O)C(F)(F)F)CN(C)C)ccc12. The van der Waals surface area contributed by atoms with Gasteiger partial charge in [0.05, 0.1) is 35.8 Å². The molecule has 0 aliphatic rings. The quantitative estimate of drug-likeness (QED) is 0.450. The van der Waals surface area contributed by atoms with Gasteiger partial charge in [-0.2, -0.15) is 13.2 Å². The number of nitrogens with zero attached hydrogens (tertiary/aromatic N) is 2. The van der Waals surface area contributed by atoms with E-state index in [2.05, 4.69) is 0 Å². The molecule has 6 nitrogen and oxygen atoms in total. The van der Waals surface area contributed by atoms with Crippen LogP contribution in [-0.4, -0.2) is 60.6 Å².